The molecule has 1 atom stereocenters. The Hall–Kier alpha value is -0.120. The second-order valence-electron chi connectivity index (χ2n) is 3.60. The number of hydrogen-bond donors (Lipinski definition) is 1. The predicted octanol–water partition coefficient (Wildman–Crippen LogP) is 0.400. The van der Waals surface area contributed by atoms with Gasteiger partial charge in [-0.3, -0.25) is 0 Å². The Morgan fingerprint density at radius 3 is 2.82 bits per heavy atom. The van der Waals surface area contributed by atoms with Crippen LogP contribution in [-0.2, 0) is 9.47 Å². The zero-order valence-electron chi connectivity index (χ0n) is 7.52. The van der Waals surface area contributed by atoms with E-state index in [1.807, 2.05) is 0 Å². The van der Waals surface area contributed by atoms with Gasteiger partial charge in [-0.2, -0.15) is 0 Å². The van der Waals surface area contributed by atoms with Gasteiger partial charge in [0, 0.05) is 13.7 Å². The van der Waals surface area contributed by atoms with Crippen LogP contribution in [0.2, 0.25) is 0 Å². The van der Waals surface area contributed by atoms with Gasteiger partial charge in [0.2, 0.25) is 0 Å². The molecular formula is C8H17NO2. The van der Waals surface area contributed by atoms with Crippen molar-refractivity contribution in [3.05, 3.63) is 0 Å². The first kappa shape index (κ1) is 8.97. The van der Waals surface area contributed by atoms with E-state index in [1.54, 1.807) is 7.11 Å². The molecule has 1 rings (SSSR count). The maximum atomic E-state index is 5.59. The third-order valence-electron chi connectivity index (χ3n) is 1.86. The molecule has 1 aliphatic heterocycles. The van der Waals surface area contributed by atoms with Crippen molar-refractivity contribution in [2.75, 3.05) is 26.9 Å². The fourth-order valence-electron chi connectivity index (χ4n) is 1.13. The van der Waals surface area contributed by atoms with Crippen LogP contribution in [-0.4, -0.2) is 38.5 Å². The molecule has 0 radical (unpaired) electrons. The molecule has 0 bridgehead atoms. The normalized spacial score (nSPS) is 30.3. The lowest BCUT2D eigenvalue weighted by atomic mass is 10.1. The summed E-state index contributed by atoms with van der Waals surface area (Å²) in [6.07, 6.45) is 0. The first-order chi connectivity index (χ1) is 5.14. The molecule has 0 spiro atoms. The molecule has 1 aliphatic rings. The smallest absolute Gasteiger partial charge is 0.0751 e. The zero-order valence-corrected chi connectivity index (χ0v) is 7.52. The summed E-state index contributed by atoms with van der Waals surface area (Å²) in [6, 6.07) is 0.369. The number of hydrogen-bond acceptors (Lipinski definition) is 3. The monoisotopic (exact) mass is 159 g/mol. The van der Waals surface area contributed by atoms with Gasteiger partial charge in [0.1, 0.15) is 0 Å². The highest BCUT2D eigenvalue weighted by Gasteiger charge is 2.26. The molecule has 1 N–H and O–H groups in total. The fraction of sp³-hybridized carbons (Fsp3) is 1.00. The first-order valence-corrected chi connectivity index (χ1v) is 4.00. The van der Waals surface area contributed by atoms with Gasteiger partial charge >= 0.3 is 0 Å². The van der Waals surface area contributed by atoms with E-state index >= 15 is 0 Å². The maximum Gasteiger partial charge on any atom is 0.0751 e. The third-order valence-corrected chi connectivity index (χ3v) is 1.86. The highest BCUT2D eigenvalue weighted by molar-refractivity contribution is 4.81. The van der Waals surface area contributed by atoms with E-state index in [1.165, 1.54) is 0 Å². The molecule has 3 nitrogen and oxygen atoms in total. The minimum Gasteiger partial charge on any atom is -0.383 e. The molecule has 11 heavy (non-hydrogen) atoms. The van der Waals surface area contributed by atoms with Gasteiger partial charge in [0.05, 0.1) is 24.9 Å². The van der Waals surface area contributed by atoms with Crippen LogP contribution in [0.1, 0.15) is 13.8 Å². The third kappa shape index (κ3) is 2.77. The summed E-state index contributed by atoms with van der Waals surface area (Å²) in [6.45, 7) is 6.56. The number of methoxy groups -OCH3 is 1. The van der Waals surface area contributed by atoms with E-state index in [2.05, 4.69) is 19.2 Å². The number of rotatable bonds is 2. The van der Waals surface area contributed by atoms with E-state index in [4.69, 9.17) is 9.47 Å². The van der Waals surface area contributed by atoms with Crippen LogP contribution < -0.4 is 5.32 Å². The van der Waals surface area contributed by atoms with E-state index in [-0.39, 0.29) is 5.60 Å². The van der Waals surface area contributed by atoms with Crippen molar-refractivity contribution in [2.24, 2.45) is 0 Å². The largest absolute Gasteiger partial charge is 0.383 e. The summed E-state index contributed by atoms with van der Waals surface area (Å²) >= 11 is 0. The van der Waals surface area contributed by atoms with Crippen molar-refractivity contribution >= 4 is 0 Å². The molecule has 1 heterocycles. The lowest BCUT2D eigenvalue weighted by Gasteiger charge is -2.35. The molecule has 0 unspecified atom stereocenters. The van der Waals surface area contributed by atoms with Crippen molar-refractivity contribution in [1.82, 2.24) is 5.32 Å². The fourth-order valence-corrected chi connectivity index (χ4v) is 1.13. The predicted molar refractivity (Wildman–Crippen MR) is 43.7 cm³/mol. The van der Waals surface area contributed by atoms with E-state index in [9.17, 15) is 0 Å². The Kier molecular flexibility index (Phi) is 2.87. The highest BCUT2D eigenvalue weighted by Crippen LogP contribution is 2.12. The standard InChI is InChI=1S/C8H17NO2/c1-8(2)6-9-7(4-10-3)5-11-8/h7,9H,4-6H2,1-3H3/t7-/m1/s1. The van der Waals surface area contributed by atoms with Gasteiger partial charge in [0.15, 0.2) is 0 Å². The Bertz CT molecular complexity index is 115. The van der Waals surface area contributed by atoms with Crippen LogP contribution in [0.4, 0.5) is 0 Å². The van der Waals surface area contributed by atoms with E-state index in [0.29, 0.717) is 6.04 Å². The summed E-state index contributed by atoms with van der Waals surface area (Å²) in [7, 11) is 1.71. The van der Waals surface area contributed by atoms with Crippen molar-refractivity contribution in [3.63, 3.8) is 0 Å². The van der Waals surface area contributed by atoms with Gasteiger partial charge in [-0.25, -0.2) is 0 Å². The lowest BCUT2D eigenvalue weighted by Crippen LogP contribution is -2.53. The molecule has 0 amide bonds. The minimum absolute atomic E-state index is 0.00968. The first-order valence-electron chi connectivity index (χ1n) is 4.00. The maximum absolute atomic E-state index is 5.59. The molecule has 1 saturated heterocycles. The highest BCUT2D eigenvalue weighted by atomic mass is 16.5. The Morgan fingerprint density at radius 2 is 2.36 bits per heavy atom. The van der Waals surface area contributed by atoms with Crippen LogP contribution in [0.15, 0.2) is 0 Å². The SMILES string of the molecule is COC[C@@H]1COC(C)(C)CN1. The number of morpholine rings is 1. The van der Waals surface area contributed by atoms with Crippen LogP contribution in [0.5, 0.6) is 0 Å². The minimum atomic E-state index is -0.00968. The average molecular weight is 159 g/mol. The molecule has 0 aromatic carbocycles. The Labute approximate surface area is 68.1 Å². The summed E-state index contributed by atoms with van der Waals surface area (Å²) in [4.78, 5) is 0. The van der Waals surface area contributed by atoms with Crippen molar-refractivity contribution in [2.45, 2.75) is 25.5 Å². The quantitative estimate of drug-likeness (QED) is 0.632. The van der Waals surface area contributed by atoms with E-state index in [0.717, 1.165) is 19.8 Å². The molecule has 0 aromatic heterocycles. The number of nitrogens with one attached hydrogen (secondary N) is 1. The van der Waals surface area contributed by atoms with Crippen LogP contribution in [0.3, 0.4) is 0 Å². The van der Waals surface area contributed by atoms with Crippen molar-refractivity contribution in [3.8, 4) is 0 Å². The molecular weight excluding hydrogens is 142 g/mol. The number of ether oxygens (including phenoxy) is 2. The second kappa shape index (κ2) is 3.52. The Balaban J connectivity index is 2.25. The average Bonchev–Trinajstić information content (AvgIpc) is 1.94. The van der Waals surface area contributed by atoms with Gasteiger partial charge < -0.3 is 14.8 Å². The van der Waals surface area contributed by atoms with Gasteiger partial charge in [-0.1, -0.05) is 0 Å². The van der Waals surface area contributed by atoms with Crippen molar-refractivity contribution < 1.29 is 9.47 Å². The van der Waals surface area contributed by atoms with Crippen LogP contribution in [0, 0.1) is 0 Å². The van der Waals surface area contributed by atoms with Gasteiger partial charge in [-0.15, -0.1) is 0 Å². The van der Waals surface area contributed by atoms with Gasteiger partial charge in [0.25, 0.3) is 0 Å². The molecule has 66 valence electrons. The zero-order chi connectivity index (χ0) is 8.32. The topological polar surface area (TPSA) is 30.5 Å². The van der Waals surface area contributed by atoms with Crippen LogP contribution in [0.25, 0.3) is 0 Å². The Morgan fingerprint density at radius 1 is 1.64 bits per heavy atom. The summed E-state index contributed by atoms with van der Waals surface area (Å²) in [5.74, 6) is 0. The summed E-state index contributed by atoms with van der Waals surface area (Å²) < 4.78 is 10.6. The molecule has 3 heteroatoms. The second-order valence-corrected chi connectivity index (χ2v) is 3.60. The molecule has 1 fully saturated rings. The molecule has 0 aromatic rings. The van der Waals surface area contributed by atoms with Gasteiger partial charge in [-0.05, 0) is 13.8 Å². The van der Waals surface area contributed by atoms with E-state index < -0.39 is 0 Å². The van der Waals surface area contributed by atoms with Crippen LogP contribution >= 0.6 is 0 Å². The molecule has 0 aliphatic carbocycles. The summed E-state index contributed by atoms with van der Waals surface area (Å²) in [5.41, 5.74) is -0.00968. The molecule has 0 saturated carbocycles. The lowest BCUT2D eigenvalue weighted by molar-refractivity contribution is -0.0685. The van der Waals surface area contributed by atoms with Crippen molar-refractivity contribution in [1.29, 1.82) is 0 Å². The summed E-state index contributed by atoms with van der Waals surface area (Å²) in [5, 5.41) is 3.36.